The number of aryl methyl sites for hydroxylation is 1. The van der Waals surface area contributed by atoms with Gasteiger partial charge < -0.3 is 25.0 Å². The molecule has 3 aliphatic heterocycles. The average molecular weight is 563 g/mol. The minimum atomic E-state index is -1.19. The van der Waals surface area contributed by atoms with Crippen LogP contribution in [-0.4, -0.2) is 69.6 Å². The highest BCUT2D eigenvalue weighted by Gasteiger charge is 2.52. The molecule has 1 aromatic heterocycles. The molecule has 8 atom stereocenters. The molecule has 218 valence electrons. The molecular weight excluding hydrogens is 516 g/mol. The summed E-state index contributed by atoms with van der Waals surface area (Å²) in [5, 5.41) is 28.6. The van der Waals surface area contributed by atoms with E-state index in [1.165, 1.54) is 0 Å². The molecule has 0 saturated carbocycles. The van der Waals surface area contributed by atoms with E-state index in [-0.39, 0.29) is 47.9 Å². The molecule has 3 fully saturated rings. The number of ketones is 1. The molecule has 9 heteroatoms. The van der Waals surface area contributed by atoms with Crippen LogP contribution in [0.3, 0.4) is 0 Å². The van der Waals surface area contributed by atoms with Gasteiger partial charge in [0.15, 0.2) is 0 Å². The van der Waals surface area contributed by atoms with Gasteiger partial charge in [-0.05, 0) is 64.0 Å². The second kappa shape index (κ2) is 12.1. The number of nitrogens with one attached hydrogen (secondary N) is 1. The monoisotopic (exact) mass is 562 g/mol. The number of aromatic nitrogens is 1. The van der Waals surface area contributed by atoms with Gasteiger partial charge in [0.2, 0.25) is 5.91 Å². The third kappa shape index (κ3) is 7.55. The number of thiazole rings is 1. The predicted octanol–water partition coefficient (Wildman–Crippen LogP) is 4.21. The zero-order valence-corrected chi connectivity index (χ0v) is 25.1. The molecule has 0 aliphatic carbocycles. The lowest BCUT2D eigenvalue weighted by Crippen LogP contribution is -2.48. The zero-order valence-electron chi connectivity index (χ0n) is 24.2. The van der Waals surface area contributed by atoms with Crippen LogP contribution in [0.15, 0.2) is 11.0 Å². The maximum Gasteiger partial charge on any atom is 0.223 e. The predicted molar refractivity (Wildman–Crippen MR) is 151 cm³/mol. The van der Waals surface area contributed by atoms with Crippen molar-refractivity contribution in [1.29, 1.82) is 0 Å². The van der Waals surface area contributed by atoms with E-state index in [1.807, 2.05) is 32.2 Å². The fraction of sp³-hybridized carbons (Fsp3) is 0.767. The van der Waals surface area contributed by atoms with Crippen molar-refractivity contribution < 1.29 is 29.3 Å². The third-order valence-corrected chi connectivity index (χ3v) is 9.89. The second-order valence-electron chi connectivity index (χ2n) is 12.8. The minimum Gasteiger partial charge on any atom is -0.392 e. The second-order valence-corrected chi connectivity index (χ2v) is 13.8. The summed E-state index contributed by atoms with van der Waals surface area (Å²) in [6.45, 7) is 12.1. The van der Waals surface area contributed by atoms with Gasteiger partial charge in [-0.25, -0.2) is 4.98 Å². The number of carbonyl (C=O) groups excluding carboxylic acids is 2. The fourth-order valence-corrected chi connectivity index (χ4v) is 6.46. The molecule has 3 saturated heterocycles. The number of ether oxygens (including phenoxy) is 2. The van der Waals surface area contributed by atoms with Crippen LogP contribution < -0.4 is 5.32 Å². The SMILES string of the molecule is CC(=Cc1csc(C)n1)C1CC2OC2(C)CCCC(C)C(O)C(CCC2CO2)C(=O)C(C)(C)C(O)CC(=O)N1. The number of amides is 1. The van der Waals surface area contributed by atoms with Crippen LogP contribution in [0.4, 0.5) is 0 Å². The first-order chi connectivity index (χ1) is 18.3. The summed E-state index contributed by atoms with van der Waals surface area (Å²) < 4.78 is 11.5. The van der Waals surface area contributed by atoms with Crippen LogP contribution >= 0.6 is 11.3 Å². The quantitative estimate of drug-likeness (QED) is 0.459. The van der Waals surface area contributed by atoms with Gasteiger partial charge in [0, 0.05) is 17.7 Å². The zero-order chi connectivity index (χ0) is 28.5. The highest BCUT2D eigenvalue weighted by atomic mass is 32.1. The van der Waals surface area contributed by atoms with Gasteiger partial charge in [-0.1, -0.05) is 27.2 Å². The molecule has 0 aromatic carbocycles. The van der Waals surface area contributed by atoms with Crippen molar-refractivity contribution in [3.05, 3.63) is 21.7 Å². The molecule has 8 nitrogen and oxygen atoms in total. The van der Waals surface area contributed by atoms with Gasteiger partial charge >= 0.3 is 0 Å². The van der Waals surface area contributed by atoms with E-state index >= 15 is 0 Å². The molecule has 1 amide bonds. The minimum absolute atomic E-state index is 0.00527. The lowest BCUT2D eigenvalue weighted by Gasteiger charge is -2.36. The number of Topliss-reactive ketones (excluding diaryl/α,β-unsaturated/α-hetero) is 1. The maximum atomic E-state index is 13.8. The van der Waals surface area contributed by atoms with E-state index in [1.54, 1.807) is 25.2 Å². The number of nitrogens with zero attached hydrogens (tertiary/aromatic N) is 1. The van der Waals surface area contributed by atoms with Crippen molar-refractivity contribution in [3.63, 3.8) is 0 Å². The third-order valence-electron chi connectivity index (χ3n) is 9.10. The fourth-order valence-electron chi connectivity index (χ4n) is 5.89. The van der Waals surface area contributed by atoms with E-state index in [2.05, 4.69) is 17.2 Å². The Morgan fingerprint density at radius 3 is 2.62 bits per heavy atom. The lowest BCUT2D eigenvalue weighted by molar-refractivity contribution is -0.144. The number of carbonyl (C=O) groups is 2. The normalized spacial score (nSPS) is 38.2. The number of hydrogen-bond acceptors (Lipinski definition) is 8. The Labute approximate surface area is 236 Å². The van der Waals surface area contributed by atoms with E-state index in [4.69, 9.17) is 9.47 Å². The first-order valence-corrected chi connectivity index (χ1v) is 15.3. The van der Waals surface area contributed by atoms with Crippen molar-refractivity contribution in [2.24, 2.45) is 17.3 Å². The highest BCUT2D eigenvalue weighted by molar-refractivity contribution is 7.09. The van der Waals surface area contributed by atoms with Crippen molar-refractivity contribution in [2.75, 3.05) is 6.61 Å². The van der Waals surface area contributed by atoms with Crippen LogP contribution in [0, 0.1) is 24.2 Å². The van der Waals surface area contributed by atoms with Crippen molar-refractivity contribution in [3.8, 4) is 0 Å². The standard InChI is InChI=1S/C30H46N2O6S/c1-17-8-7-11-30(6)25(38-30)13-23(18(2)12-20-16-39-19(3)31-20)32-26(34)14-24(33)29(4,5)28(36)22(27(17)35)10-9-21-15-37-21/h12,16-17,21-25,27,33,35H,7-11,13-15H2,1-6H3,(H,32,34). The van der Waals surface area contributed by atoms with Crippen molar-refractivity contribution in [1.82, 2.24) is 10.3 Å². The summed E-state index contributed by atoms with van der Waals surface area (Å²) in [4.78, 5) is 31.6. The Balaban J connectivity index is 1.57. The van der Waals surface area contributed by atoms with Crippen LogP contribution in [0.2, 0.25) is 0 Å². The van der Waals surface area contributed by atoms with Gasteiger partial charge in [-0.15, -0.1) is 11.3 Å². The van der Waals surface area contributed by atoms with Gasteiger partial charge in [-0.2, -0.15) is 0 Å². The molecule has 4 heterocycles. The smallest absolute Gasteiger partial charge is 0.223 e. The number of rotatable bonds is 5. The molecule has 39 heavy (non-hydrogen) atoms. The molecule has 0 spiro atoms. The summed E-state index contributed by atoms with van der Waals surface area (Å²) in [7, 11) is 0. The van der Waals surface area contributed by atoms with E-state index in [9.17, 15) is 19.8 Å². The van der Waals surface area contributed by atoms with Gasteiger partial charge in [-0.3, -0.25) is 9.59 Å². The van der Waals surface area contributed by atoms with Crippen molar-refractivity contribution in [2.45, 2.75) is 123 Å². The summed E-state index contributed by atoms with van der Waals surface area (Å²) in [6.07, 6.45) is 4.25. The highest BCUT2D eigenvalue weighted by Crippen LogP contribution is 2.44. The van der Waals surface area contributed by atoms with E-state index < -0.39 is 23.5 Å². The maximum absolute atomic E-state index is 13.8. The molecule has 3 aliphatic rings. The summed E-state index contributed by atoms with van der Waals surface area (Å²) in [5.41, 5.74) is 0.359. The summed E-state index contributed by atoms with van der Waals surface area (Å²) in [6, 6.07) is -0.280. The Kier molecular flexibility index (Phi) is 9.38. The Bertz CT molecular complexity index is 1070. The number of aliphatic hydroxyl groups is 2. The van der Waals surface area contributed by atoms with Crippen LogP contribution in [0.25, 0.3) is 6.08 Å². The molecule has 3 N–H and O–H groups in total. The lowest BCUT2D eigenvalue weighted by atomic mass is 9.70. The summed E-state index contributed by atoms with van der Waals surface area (Å²) >= 11 is 1.58. The van der Waals surface area contributed by atoms with E-state index in [0.717, 1.165) is 35.5 Å². The topological polar surface area (TPSA) is 125 Å². The first kappa shape index (κ1) is 30.3. The Morgan fingerprint density at radius 1 is 1.26 bits per heavy atom. The van der Waals surface area contributed by atoms with Gasteiger partial charge in [0.05, 0.1) is 65.2 Å². The van der Waals surface area contributed by atoms with Crippen LogP contribution in [0.5, 0.6) is 0 Å². The van der Waals surface area contributed by atoms with Crippen LogP contribution in [-0.2, 0) is 19.1 Å². The largest absolute Gasteiger partial charge is 0.392 e. The number of epoxide rings is 2. The van der Waals surface area contributed by atoms with Gasteiger partial charge in [0.1, 0.15) is 5.78 Å². The molecule has 1 aromatic rings. The van der Waals surface area contributed by atoms with Gasteiger partial charge in [0.25, 0.3) is 0 Å². The number of aliphatic hydroxyl groups excluding tert-OH is 2. The first-order valence-electron chi connectivity index (χ1n) is 14.4. The van der Waals surface area contributed by atoms with E-state index in [0.29, 0.717) is 25.9 Å². The van der Waals surface area contributed by atoms with Crippen LogP contribution in [0.1, 0.15) is 90.3 Å². The van der Waals surface area contributed by atoms with Crippen molar-refractivity contribution >= 4 is 29.1 Å². The number of fused-ring (bicyclic) bond motifs is 1. The summed E-state index contributed by atoms with van der Waals surface area (Å²) in [5.74, 6) is -1.21. The average Bonchev–Trinajstić information content (AvgIpc) is 3.76. The molecule has 4 rings (SSSR count). The Hall–Kier alpha value is -1.65. The molecular formula is C30H46N2O6S. The number of hydrogen-bond donors (Lipinski definition) is 3. The molecule has 8 unspecified atom stereocenters. The molecule has 0 bridgehead atoms. The Morgan fingerprint density at radius 2 is 1.97 bits per heavy atom. The molecule has 0 radical (unpaired) electrons.